The van der Waals surface area contributed by atoms with Gasteiger partial charge in [0.25, 0.3) is 11.4 Å². The largest absolute Gasteiger partial charge is 0.296 e. The molecule has 7 nitrogen and oxygen atoms in total. The van der Waals surface area contributed by atoms with Crippen LogP contribution >= 0.6 is 23.4 Å². The molecule has 0 atom stereocenters. The highest BCUT2D eigenvalue weighted by Crippen LogP contribution is 2.37. The normalized spacial score (nSPS) is 9.50. The van der Waals surface area contributed by atoms with Gasteiger partial charge in [-0.15, -0.1) is 0 Å². The van der Waals surface area contributed by atoms with Crippen LogP contribution in [-0.2, 0) is 0 Å². The molecule has 0 saturated carbocycles. The number of nitro groups is 2. The lowest BCUT2D eigenvalue weighted by Crippen LogP contribution is -1.95. The van der Waals surface area contributed by atoms with Crippen molar-refractivity contribution in [2.45, 2.75) is 4.90 Å². The van der Waals surface area contributed by atoms with Crippen LogP contribution in [0.25, 0.3) is 0 Å². The van der Waals surface area contributed by atoms with Crippen LogP contribution in [0.5, 0.6) is 0 Å². The molecule has 0 radical (unpaired) electrons. The number of nitro benzene ring substituents is 2. The summed E-state index contributed by atoms with van der Waals surface area (Å²) < 4.78 is 0. The molecule has 1 rings (SSSR count). The van der Waals surface area contributed by atoms with Crippen molar-refractivity contribution in [2.75, 3.05) is 0 Å². The number of thioether (sulfide) groups is 1. The van der Waals surface area contributed by atoms with Gasteiger partial charge in [-0.3, -0.25) is 20.2 Å². The van der Waals surface area contributed by atoms with E-state index in [1.165, 1.54) is 0 Å². The van der Waals surface area contributed by atoms with E-state index in [1.54, 1.807) is 5.40 Å². The van der Waals surface area contributed by atoms with Crippen LogP contribution in [-0.4, -0.2) is 9.85 Å². The summed E-state index contributed by atoms with van der Waals surface area (Å²) in [6, 6.07) is 2.03. The van der Waals surface area contributed by atoms with Crippen molar-refractivity contribution < 1.29 is 9.85 Å². The Bertz CT molecular complexity index is 478. The molecule has 0 fully saturated rings. The fourth-order valence-corrected chi connectivity index (χ4v) is 1.64. The molecule has 0 unspecified atom stereocenters. The molecule has 0 aromatic heterocycles. The van der Waals surface area contributed by atoms with Gasteiger partial charge in [-0.1, -0.05) is 11.6 Å². The molecule has 0 bridgehead atoms. The second kappa shape index (κ2) is 4.78. The van der Waals surface area contributed by atoms with E-state index in [0.717, 1.165) is 12.1 Å². The van der Waals surface area contributed by atoms with Gasteiger partial charge in [-0.2, -0.15) is 5.26 Å². The first kappa shape index (κ1) is 12.2. The van der Waals surface area contributed by atoms with Gasteiger partial charge >= 0.3 is 0 Å². The van der Waals surface area contributed by atoms with E-state index in [4.69, 9.17) is 16.9 Å². The lowest BCUT2D eigenvalue weighted by atomic mass is 10.3. The Morgan fingerprint density at radius 1 is 1.25 bits per heavy atom. The summed E-state index contributed by atoms with van der Waals surface area (Å²) in [6.45, 7) is 0. The average Bonchev–Trinajstić information content (AvgIpc) is 2.19. The molecule has 82 valence electrons. The fraction of sp³-hybridized carbons (Fsp3) is 0. The smallest absolute Gasteiger partial charge is 0.258 e. The van der Waals surface area contributed by atoms with Crippen molar-refractivity contribution in [3.63, 3.8) is 0 Å². The van der Waals surface area contributed by atoms with Crippen molar-refractivity contribution in [3.05, 3.63) is 37.4 Å². The predicted octanol–water partition coefficient (Wildman–Crippen LogP) is 2.73. The highest BCUT2D eigenvalue weighted by atomic mass is 35.5. The van der Waals surface area contributed by atoms with E-state index >= 15 is 0 Å². The zero-order valence-electron chi connectivity index (χ0n) is 7.42. The zero-order chi connectivity index (χ0) is 12.3. The minimum Gasteiger partial charge on any atom is -0.258 e. The summed E-state index contributed by atoms with van der Waals surface area (Å²) in [7, 11) is 0. The number of hydrogen-bond donors (Lipinski definition) is 0. The van der Waals surface area contributed by atoms with Gasteiger partial charge in [-0.05, 0) is 11.8 Å². The molecule has 0 aliphatic rings. The van der Waals surface area contributed by atoms with Crippen LogP contribution in [0.3, 0.4) is 0 Å². The summed E-state index contributed by atoms with van der Waals surface area (Å²) in [5.41, 5.74) is -1.18. The monoisotopic (exact) mass is 259 g/mol. The molecule has 0 heterocycles. The average molecular weight is 260 g/mol. The molecule has 1 aromatic carbocycles. The highest BCUT2D eigenvalue weighted by molar-refractivity contribution is 8.03. The first-order valence-electron chi connectivity index (χ1n) is 3.65. The van der Waals surface area contributed by atoms with E-state index in [1.807, 2.05) is 0 Å². The summed E-state index contributed by atoms with van der Waals surface area (Å²) in [5.74, 6) is 0. The van der Waals surface area contributed by atoms with Crippen molar-refractivity contribution in [2.24, 2.45) is 0 Å². The zero-order valence-corrected chi connectivity index (χ0v) is 8.99. The third-order valence-corrected chi connectivity index (χ3v) is 2.51. The molecule has 0 amide bonds. The van der Waals surface area contributed by atoms with E-state index in [0.29, 0.717) is 11.8 Å². The van der Waals surface area contributed by atoms with Gasteiger partial charge in [0, 0.05) is 17.0 Å². The highest BCUT2D eigenvalue weighted by Gasteiger charge is 2.25. The summed E-state index contributed by atoms with van der Waals surface area (Å²) in [4.78, 5) is 19.5. The van der Waals surface area contributed by atoms with Crippen molar-refractivity contribution in [1.82, 2.24) is 0 Å². The number of benzene rings is 1. The van der Waals surface area contributed by atoms with Crippen LogP contribution in [0.15, 0.2) is 17.0 Å². The van der Waals surface area contributed by atoms with Gasteiger partial charge in [-0.25, -0.2) is 0 Å². The summed E-state index contributed by atoms with van der Waals surface area (Å²) >= 11 is 6.08. The fourth-order valence-electron chi connectivity index (χ4n) is 0.946. The molecule has 0 N–H and O–H groups in total. The standard InChI is InChI=1S/C7H2ClN3O4S/c8-7-5(10(12)13)1-4(16-3-9)2-6(7)11(14)15/h1-2H. The Balaban J connectivity index is 3.46. The van der Waals surface area contributed by atoms with E-state index in [9.17, 15) is 20.2 Å². The van der Waals surface area contributed by atoms with E-state index in [2.05, 4.69) is 0 Å². The second-order valence-electron chi connectivity index (χ2n) is 2.48. The quantitative estimate of drug-likeness (QED) is 0.357. The Hall–Kier alpha value is -1.85. The van der Waals surface area contributed by atoms with Gasteiger partial charge in [0.15, 0.2) is 5.02 Å². The lowest BCUT2D eigenvalue weighted by molar-refractivity contribution is -0.394. The number of nitrogens with zero attached hydrogens (tertiary/aromatic N) is 3. The molecule has 0 aliphatic heterocycles. The SMILES string of the molecule is N#CSc1cc([N+](=O)[O-])c(Cl)c([N+](=O)[O-])c1. The Labute approximate surface area is 97.9 Å². The van der Waals surface area contributed by atoms with E-state index < -0.39 is 26.2 Å². The number of nitriles is 1. The van der Waals surface area contributed by atoms with Crippen LogP contribution < -0.4 is 0 Å². The Kier molecular flexibility index (Phi) is 3.65. The molecule has 0 aliphatic carbocycles. The second-order valence-corrected chi connectivity index (χ2v) is 3.72. The molecular weight excluding hydrogens is 258 g/mol. The number of halogens is 1. The summed E-state index contributed by atoms with van der Waals surface area (Å²) in [6.07, 6.45) is 0. The van der Waals surface area contributed by atoms with Crippen molar-refractivity contribution in [1.29, 1.82) is 5.26 Å². The molecule has 0 spiro atoms. The van der Waals surface area contributed by atoms with Gasteiger partial charge in [0.2, 0.25) is 0 Å². The Morgan fingerprint density at radius 2 is 1.69 bits per heavy atom. The molecular formula is C7H2ClN3O4S. The molecule has 9 heteroatoms. The van der Waals surface area contributed by atoms with Crippen molar-refractivity contribution >= 4 is 34.7 Å². The third kappa shape index (κ3) is 2.39. The lowest BCUT2D eigenvalue weighted by Gasteiger charge is -1.99. The molecule has 1 aromatic rings. The van der Waals surface area contributed by atoms with Crippen LogP contribution in [0.1, 0.15) is 0 Å². The molecule has 16 heavy (non-hydrogen) atoms. The first-order chi connectivity index (χ1) is 7.47. The minimum absolute atomic E-state index is 0.102. The first-order valence-corrected chi connectivity index (χ1v) is 4.85. The maximum absolute atomic E-state index is 10.6. The topological polar surface area (TPSA) is 110 Å². The predicted molar refractivity (Wildman–Crippen MR) is 56.2 cm³/mol. The third-order valence-electron chi connectivity index (χ3n) is 1.56. The van der Waals surface area contributed by atoms with Crippen molar-refractivity contribution in [3.8, 4) is 5.40 Å². The van der Waals surface area contributed by atoms with E-state index in [-0.39, 0.29) is 4.90 Å². The number of rotatable bonds is 3. The number of thiocyanates is 1. The van der Waals surface area contributed by atoms with Gasteiger partial charge in [0.1, 0.15) is 5.40 Å². The maximum Gasteiger partial charge on any atom is 0.296 e. The minimum atomic E-state index is -0.837. The van der Waals surface area contributed by atoms with Gasteiger partial charge in [0.05, 0.1) is 9.85 Å². The number of hydrogen-bond acceptors (Lipinski definition) is 6. The van der Waals surface area contributed by atoms with Crippen LogP contribution in [0.4, 0.5) is 11.4 Å². The Morgan fingerprint density at radius 3 is 2.00 bits per heavy atom. The molecule has 0 saturated heterocycles. The van der Waals surface area contributed by atoms with Crippen LogP contribution in [0.2, 0.25) is 5.02 Å². The van der Waals surface area contributed by atoms with Gasteiger partial charge < -0.3 is 0 Å². The maximum atomic E-state index is 10.6. The van der Waals surface area contributed by atoms with Crippen LogP contribution in [0, 0.1) is 30.9 Å². The summed E-state index contributed by atoms with van der Waals surface area (Å²) in [5, 5.41) is 30.6.